The third-order valence-electron chi connectivity index (χ3n) is 2.64. The molecule has 0 aliphatic carbocycles. The second kappa shape index (κ2) is 5.93. The monoisotopic (exact) mass is 270 g/mol. The van der Waals surface area contributed by atoms with Gasteiger partial charge in [0.25, 0.3) is 0 Å². The van der Waals surface area contributed by atoms with Gasteiger partial charge >= 0.3 is 5.97 Å². The molecule has 102 valence electrons. The van der Waals surface area contributed by atoms with Crippen LogP contribution in [0.15, 0.2) is 30.5 Å². The van der Waals surface area contributed by atoms with Crippen molar-refractivity contribution in [2.45, 2.75) is 0 Å². The fourth-order valence-corrected chi connectivity index (χ4v) is 1.64. The summed E-state index contributed by atoms with van der Waals surface area (Å²) in [5.41, 5.74) is 1.58. The predicted octanol–water partition coefficient (Wildman–Crippen LogP) is 1.62. The molecule has 0 bridgehead atoms. The highest BCUT2D eigenvalue weighted by Gasteiger charge is 2.14. The predicted molar refractivity (Wildman–Crippen MR) is 73.5 cm³/mol. The summed E-state index contributed by atoms with van der Waals surface area (Å²) >= 11 is 0. The van der Waals surface area contributed by atoms with Gasteiger partial charge in [-0.2, -0.15) is 5.10 Å². The van der Waals surface area contributed by atoms with E-state index in [0.717, 1.165) is 11.3 Å². The minimum Gasteiger partial charge on any atom is -0.497 e. The van der Waals surface area contributed by atoms with E-state index in [4.69, 9.17) is 4.74 Å². The summed E-state index contributed by atoms with van der Waals surface area (Å²) in [6.07, 6.45) is 1.68. The lowest BCUT2D eigenvalue weighted by atomic mass is 10.2. The van der Waals surface area contributed by atoms with Crippen LogP contribution in [0.25, 0.3) is 0 Å². The van der Waals surface area contributed by atoms with E-state index in [0.29, 0.717) is 5.56 Å². The fraction of sp³-hybridized carbons (Fsp3) is 0.200. The molecule has 0 saturated carbocycles. The molecule has 5 nitrogen and oxygen atoms in total. The Bertz CT molecular complexity index is 675. The maximum absolute atomic E-state index is 11.6. The van der Waals surface area contributed by atoms with Gasteiger partial charge in [-0.1, -0.05) is 11.8 Å². The van der Waals surface area contributed by atoms with Crippen molar-refractivity contribution in [3.8, 4) is 17.6 Å². The highest BCUT2D eigenvalue weighted by molar-refractivity contribution is 5.90. The number of ether oxygens (including phenoxy) is 2. The van der Waals surface area contributed by atoms with Crippen LogP contribution in [0.4, 0.5) is 0 Å². The number of esters is 1. The number of rotatable bonds is 2. The van der Waals surface area contributed by atoms with Crippen LogP contribution < -0.4 is 4.74 Å². The summed E-state index contributed by atoms with van der Waals surface area (Å²) in [7, 11) is 4.65. The summed E-state index contributed by atoms with van der Waals surface area (Å²) in [5.74, 6) is 6.18. The molecule has 0 saturated heterocycles. The second-order valence-electron chi connectivity index (χ2n) is 4.04. The first kappa shape index (κ1) is 13.7. The van der Waals surface area contributed by atoms with Gasteiger partial charge in [0, 0.05) is 18.8 Å². The number of methoxy groups -OCH3 is 2. The average molecular weight is 270 g/mol. The smallest absolute Gasteiger partial charge is 0.359 e. The zero-order valence-corrected chi connectivity index (χ0v) is 11.5. The SMILES string of the molecule is COC(=O)c1nn(C)cc1C#Cc1ccc(OC)cc1. The Kier molecular flexibility index (Phi) is 4.06. The Morgan fingerprint density at radius 3 is 2.50 bits per heavy atom. The van der Waals surface area contributed by atoms with Crippen LogP contribution >= 0.6 is 0 Å². The van der Waals surface area contributed by atoms with Gasteiger partial charge in [-0.15, -0.1) is 0 Å². The summed E-state index contributed by atoms with van der Waals surface area (Å²) in [4.78, 5) is 11.6. The van der Waals surface area contributed by atoms with Crippen LogP contribution in [-0.2, 0) is 11.8 Å². The highest BCUT2D eigenvalue weighted by atomic mass is 16.5. The number of benzene rings is 1. The molecule has 0 fully saturated rings. The van der Waals surface area contributed by atoms with Gasteiger partial charge in [0.2, 0.25) is 0 Å². The zero-order chi connectivity index (χ0) is 14.5. The molecule has 1 heterocycles. The number of carbonyl (C=O) groups is 1. The van der Waals surface area contributed by atoms with Crippen molar-refractivity contribution in [2.75, 3.05) is 14.2 Å². The standard InChI is InChI=1S/C15H14N2O3/c1-17-10-12(14(16-17)15(18)20-3)7-4-11-5-8-13(19-2)9-6-11/h5-6,8-10H,1-3H3. The summed E-state index contributed by atoms with van der Waals surface area (Å²) in [6, 6.07) is 7.35. The van der Waals surface area contributed by atoms with Crippen LogP contribution in [0.2, 0.25) is 0 Å². The van der Waals surface area contributed by atoms with Gasteiger partial charge in [0.05, 0.1) is 19.8 Å². The van der Waals surface area contributed by atoms with Crippen LogP contribution in [0.5, 0.6) is 5.75 Å². The van der Waals surface area contributed by atoms with Gasteiger partial charge in [0.15, 0.2) is 5.69 Å². The molecule has 5 heteroatoms. The fourth-order valence-electron chi connectivity index (χ4n) is 1.64. The molecular formula is C15H14N2O3. The maximum atomic E-state index is 11.6. The molecule has 2 aromatic rings. The number of aromatic nitrogens is 2. The van der Waals surface area contributed by atoms with Crippen molar-refractivity contribution < 1.29 is 14.3 Å². The molecule has 0 radical (unpaired) electrons. The highest BCUT2D eigenvalue weighted by Crippen LogP contribution is 2.11. The Morgan fingerprint density at radius 2 is 1.90 bits per heavy atom. The number of aryl methyl sites for hydroxylation is 1. The van der Waals surface area contributed by atoms with Crippen LogP contribution in [0.1, 0.15) is 21.6 Å². The molecule has 20 heavy (non-hydrogen) atoms. The summed E-state index contributed by atoms with van der Waals surface area (Å²) in [5, 5.41) is 4.04. The largest absolute Gasteiger partial charge is 0.497 e. The Hall–Kier alpha value is -2.74. The molecule has 0 amide bonds. The van der Waals surface area contributed by atoms with Gasteiger partial charge in [-0.25, -0.2) is 4.79 Å². The number of hydrogen-bond acceptors (Lipinski definition) is 4. The molecule has 1 aromatic heterocycles. The topological polar surface area (TPSA) is 53.3 Å². The quantitative estimate of drug-likeness (QED) is 0.614. The average Bonchev–Trinajstić information content (AvgIpc) is 2.86. The Labute approximate surface area is 117 Å². The first-order valence-electron chi connectivity index (χ1n) is 5.92. The van der Waals surface area contributed by atoms with E-state index in [-0.39, 0.29) is 5.69 Å². The summed E-state index contributed by atoms with van der Waals surface area (Å²) in [6.45, 7) is 0. The van der Waals surface area contributed by atoms with E-state index in [1.54, 1.807) is 20.4 Å². The minimum atomic E-state index is -0.496. The van der Waals surface area contributed by atoms with Gasteiger partial charge in [-0.3, -0.25) is 4.68 Å². The second-order valence-corrected chi connectivity index (χ2v) is 4.04. The van der Waals surface area contributed by atoms with Crippen molar-refractivity contribution in [3.63, 3.8) is 0 Å². The normalized spacial score (nSPS) is 9.55. The maximum Gasteiger partial charge on any atom is 0.359 e. The minimum absolute atomic E-state index is 0.219. The number of hydrogen-bond donors (Lipinski definition) is 0. The van der Waals surface area contributed by atoms with Gasteiger partial charge in [-0.05, 0) is 24.3 Å². The third kappa shape index (κ3) is 2.98. The molecule has 0 aliphatic rings. The zero-order valence-electron chi connectivity index (χ0n) is 11.5. The molecule has 1 aromatic carbocycles. The van der Waals surface area contributed by atoms with Crippen molar-refractivity contribution in [1.29, 1.82) is 0 Å². The van der Waals surface area contributed by atoms with Crippen LogP contribution in [0, 0.1) is 11.8 Å². The van der Waals surface area contributed by atoms with E-state index in [1.807, 2.05) is 24.3 Å². The summed E-state index contributed by atoms with van der Waals surface area (Å²) < 4.78 is 11.3. The van der Waals surface area contributed by atoms with E-state index in [2.05, 4.69) is 21.7 Å². The molecular weight excluding hydrogens is 256 g/mol. The lowest BCUT2D eigenvalue weighted by molar-refractivity contribution is 0.0593. The molecule has 0 spiro atoms. The van der Waals surface area contributed by atoms with Crippen molar-refractivity contribution in [2.24, 2.45) is 7.05 Å². The Balaban J connectivity index is 2.30. The van der Waals surface area contributed by atoms with E-state index in [9.17, 15) is 4.79 Å². The number of carbonyl (C=O) groups excluding carboxylic acids is 1. The lowest BCUT2D eigenvalue weighted by Crippen LogP contribution is -2.04. The number of nitrogens with zero attached hydrogens (tertiary/aromatic N) is 2. The van der Waals surface area contributed by atoms with Gasteiger partial charge < -0.3 is 9.47 Å². The third-order valence-corrected chi connectivity index (χ3v) is 2.64. The van der Waals surface area contributed by atoms with E-state index >= 15 is 0 Å². The molecule has 0 aliphatic heterocycles. The lowest BCUT2D eigenvalue weighted by Gasteiger charge is -1.97. The van der Waals surface area contributed by atoms with Crippen LogP contribution in [-0.4, -0.2) is 30.0 Å². The van der Waals surface area contributed by atoms with Crippen molar-refractivity contribution in [3.05, 3.63) is 47.3 Å². The van der Waals surface area contributed by atoms with Crippen molar-refractivity contribution in [1.82, 2.24) is 9.78 Å². The molecule has 0 unspecified atom stereocenters. The van der Waals surface area contributed by atoms with Crippen molar-refractivity contribution >= 4 is 5.97 Å². The molecule has 0 N–H and O–H groups in total. The first-order valence-corrected chi connectivity index (χ1v) is 5.92. The van der Waals surface area contributed by atoms with E-state index < -0.39 is 5.97 Å². The van der Waals surface area contributed by atoms with Gasteiger partial charge in [0.1, 0.15) is 5.75 Å². The Morgan fingerprint density at radius 1 is 1.20 bits per heavy atom. The van der Waals surface area contributed by atoms with Crippen LogP contribution in [0.3, 0.4) is 0 Å². The van der Waals surface area contributed by atoms with E-state index in [1.165, 1.54) is 11.8 Å². The molecule has 2 rings (SSSR count). The first-order chi connectivity index (χ1) is 9.63. The molecule has 0 atom stereocenters.